The number of fused-ring (bicyclic) bond motifs is 1. The standard InChI is InChI=1S/C15H13N3O4S/c16-15(20)9-1-3-11(4-2-9)18-23(21,22)12-5-6-13-10(7-12)8-14(19)17-13/h1-7,18H,8H2,(H2,16,20)(H,17,19). The van der Waals surface area contributed by atoms with Crippen molar-refractivity contribution in [3.63, 3.8) is 0 Å². The van der Waals surface area contributed by atoms with E-state index in [-0.39, 0.29) is 22.8 Å². The molecule has 0 fully saturated rings. The fourth-order valence-electron chi connectivity index (χ4n) is 2.29. The Bertz CT molecular complexity index is 905. The molecule has 4 N–H and O–H groups in total. The first-order valence-corrected chi connectivity index (χ1v) is 8.19. The smallest absolute Gasteiger partial charge is 0.261 e. The van der Waals surface area contributed by atoms with E-state index in [4.69, 9.17) is 5.73 Å². The number of hydrogen-bond donors (Lipinski definition) is 3. The molecule has 118 valence electrons. The largest absolute Gasteiger partial charge is 0.366 e. The number of rotatable bonds is 4. The van der Waals surface area contributed by atoms with Crippen LogP contribution in [0.3, 0.4) is 0 Å². The van der Waals surface area contributed by atoms with Crippen LogP contribution in [-0.2, 0) is 21.2 Å². The minimum absolute atomic E-state index is 0.0618. The van der Waals surface area contributed by atoms with E-state index in [2.05, 4.69) is 10.0 Å². The molecule has 0 saturated heterocycles. The summed E-state index contributed by atoms with van der Waals surface area (Å²) in [7, 11) is -3.79. The van der Waals surface area contributed by atoms with Gasteiger partial charge in [0.1, 0.15) is 0 Å². The molecule has 7 nitrogen and oxygen atoms in total. The van der Waals surface area contributed by atoms with Crippen LogP contribution in [0.5, 0.6) is 0 Å². The van der Waals surface area contributed by atoms with Gasteiger partial charge in [-0.2, -0.15) is 0 Å². The lowest BCUT2D eigenvalue weighted by Gasteiger charge is -2.09. The van der Waals surface area contributed by atoms with Gasteiger partial charge in [-0.15, -0.1) is 0 Å². The number of nitrogens with two attached hydrogens (primary N) is 1. The average Bonchev–Trinajstić information content (AvgIpc) is 2.86. The molecule has 1 aliphatic rings. The highest BCUT2D eigenvalue weighted by Gasteiger charge is 2.21. The van der Waals surface area contributed by atoms with Crippen LogP contribution in [0.2, 0.25) is 0 Å². The first kappa shape index (κ1) is 15.0. The number of carbonyl (C=O) groups excluding carboxylic acids is 2. The second-order valence-corrected chi connectivity index (χ2v) is 6.77. The number of benzene rings is 2. The maximum atomic E-state index is 12.4. The fraction of sp³-hybridized carbons (Fsp3) is 0.0667. The zero-order valence-corrected chi connectivity index (χ0v) is 12.7. The summed E-state index contributed by atoms with van der Waals surface area (Å²) in [5, 5.41) is 2.64. The molecule has 0 atom stereocenters. The van der Waals surface area contributed by atoms with Gasteiger partial charge in [0.25, 0.3) is 10.0 Å². The molecule has 3 rings (SSSR count). The third-order valence-corrected chi connectivity index (χ3v) is 4.81. The van der Waals surface area contributed by atoms with Crippen molar-refractivity contribution < 1.29 is 18.0 Å². The number of amides is 2. The van der Waals surface area contributed by atoms with Crippen molar-refractivity contribution in [1.29, 1.82) is 0 Å². The first-order valence-electron chi connectivity index (χ1n) is 6.71. The van der Waals surface area contributed by atoms with Gasteiger partial charge in [-0.1, -0.05) is 0 Å². The molecule has 2 aromatic rings. The number of sulfonamides is 1. The van der Waals surface area contributed by atoms with Crippen molar-refractivity contribution in [3.8, 4) is 0 Å². The summed E-state index contributed by atoms with van der Waals surface area (Å²) in [6.45, 7) is 0. The third kappa shape index (κ3) is 3.02. The number of nitrogens with one attached hydrogen (secondary N) is 2. The summed E-state index contributed by atoms with van der Waals surface area (Å²) in [6.07, 6.45) is 0.159. The van der Waals surface area contributed by atoms with E-state index in [1.165, 1.54) is 36.4 Å². The predicted molar refractivity (Wildman–Crippen MR) is 84.5 cm³/mol. The third-order valence-electron chi connectivity index (χ3n) is 3.43. The summed E-state index contributed by atoms with van der Waals surface area (Å²) in [4.78, 5) is 22.4. The lowest BCUT2D eigenvalue weighted by molar-refractivity contribution is -0.115. The Morgan fingerprint density at radius 2 is 1.83 bits per heavy atom. The normalized spacial score (nSPS) is 13.3. The van der Waals surface area contributed by atoms with E-state index in [1.807, 2.05) is 0 Å². The Kier molecular flexibility index (Phi) is 3.53. The monoisotopic (exact) mass is 331 g/mol. The highest BCUT2D eigenvalue weighted by Crippen LogP contribution is 2.26. The molecule has 0 bridgehead atoms. The molecule has 0 aliphatic carbocycles. The van der Waals surface area contributed by atoms with Gasteiger partial charge < -0.3 is 11.1 Å². The van der Waals surface area contributed by atoms with Crippen LogP contribution < -0.4 is 15.8 Å². The van der Waals surface area contributed by atoms with Gasteiger partial charge in [0.15, 0.2) is 0 Å². The van der Waals surface area contributed by atoms with Gasteiger partial charge in [-0.3, -0.25) is 14.3 Å². The molecule has 2 amide bonds. The van der Waals surface area contributed by atoms with Crippen LogP contribution in [0.4, 0.5) is 11.4 Å². The van der Waals surface area contributed by atoms with Gasteiger partial charge >= 0.3 is 0 Å². The quantitative estimate of drug-likeness (QED) is 0.776. The van der Waals surface area contributed by atoms with Crippen LogP contribution in [0.1, 0.15) is 15.9 Å². The summed E-state index contributed by atoms with van der Waals surface area (Å²) in [5.74, 6) is -0.750. The molecule has 0 saturated carbocycles. The number of primary amides is 1. The van der Waals surface area contributed by atoms with Gasteiger partial charge in [0.2, 0.25) is 11.8 Å². The number of hydrogen-bond acceptors (Lipinski definition) is 4. The zero-order valence-electron chi connectivity index (χ0n) is 11.9. The summed E-state index contributed by atoms with van der Waals surface area (Å²) in [5.41, 5.74) is 7.00. The van der Waals surface area contributed by atoms with Crippen LogP contribution >= 0.6 is 0 Å². The summed E-state index contributed by atoms with van der Waals surface area (Å²) >= 11 is 0. The molecule has 0 aromatic heterocycles. The summed E-state index contributed by atoms with van der Waals surface area (Å²) in [6, 6.07) is 10.2. The maximum absolute atomic E-state index is 12.4. The molecule has 1 aliphatic heterocycles. The second-order valence-electron chi connectivity index (χ2n) is 5.09. The van der Waals surface area contributed by atoms with E-state index in [1.54, 1.807) is 6.07 Å². The topological polar surface area (TPSA) is 118 Å². The van der Waals surface area contributed by atoms with E-state index < -0.39 is 15.9 Å². The Balaban J connectivity index is 1.86. The van der Waals surface area contributed by atoms with Crippen LogP contribution in [0.15, 0.2) is 47.4 Å². The molecule has 1 heterocycles. The Morgan fingerprint density at radius 3 is 2.48 bits per heavy atom. The zero-order chi connectivity index (χ0) is 16.6. The Labute approximate surface area is 132 Å². The van der Waals surface area contributed by atoms with Gasteiger partial charge in [0.05, 0.1) is 11.3 Å². The van der Waals surface area contributed by atoms with Gasteiger partial charge in [-0.25, -0.2) is 8.42 Å². The fourth-order valence-corrected chi connectivity index (χ4v) is 3.40. The Hall–Kier alpha value is -2.87. The molecule has 0 radical (unpaired) electrons. The van der Waals surface area contributed by atoms with Gasteiger partial charge in [0, 0.05) is 16.9 Å². The molecule has 0 spiro atoms. The lowest BCUT2D eigenvalue weighted by Crippen LogP contribution is -2.14. The predicted octanol–water partition coefficient (Wildman–Crippen LogP) is 1.08. The lowest BCUT2D eigenvalue weighted by atomic mass is 10.2. The molecule has 0 unspecified atom stereocenters. The second kappa shape index (κ2) is 5.40. The van der Waals surface area contributed by atoms with Crippen molar-refractivity contribution in [1.82, 2.24) is 0 Å². The van der Waals surface area contributed by atoms with E-state index in [9.17, 15) is 18.0 Å². The van der Waals surface area contributed by atoms with Crippen molar-refractivity contribution in [2.45, 2.75) is 11.3 Å². The van der Waals surface area contributed by atoms with Crippen molar-refractivity contribution in [2.24, 2.45) is 5.73 Å². The van der Waals surface area contributed by atoms with Crippen LogP contribution in [0, 0.1) is 0 Å². The average molecular weight is 331 g/mol. The minimum atomic E-state index is -3.79. The molecule has 8 heteroatoms. The van der Waals surface area contributed by atoms with E-state index in [0.717, 1.165) is 0 Å². The molecular weight excluding hydrogens is 318 g/mol. The van der Waals surface area contributed by atoms with E-state index >= 15 is 0 Å². The van der Waals surface area contributed by atoms with Crippen molar-refractivity contribution in [3.05, 3.63) is 53.6 Å². The highest BCUT2D eigenvalue weighted by atomic mass is 32.2. The van der Waals surface area contributed by atoms with Crippen molar-refractivity contribution in [2.75, 3.05) is 10.0 Å². The SMILES string of the molecule is NC(=O)c1ccc(NS(=O)(=O)c2ccc3c(c2)CC(=O)N3)cc1. The Morgan fingerprint density at radius 1 is 1.13 bits per heavy atom. The van der Waals surface area contributed by atoms with E-state index in [0.29, 0.717) is 16.9 Å². The first-order chi connectivity index (χ1) is 10.8. The number of carbonyl (C=O) groups is 2. The number of anilines is 2. The molecule has 23 heavy (non-hydrogen) atoms. The van der Waals surface area contributed by atoms with Gasteiger partial charge in [-0.05, 0) is 48.0 Å². The van der Waals surface area contributed by atoms with Crippen LogP contribution in [-0.4, -0.2) is 20.2 Å². The molecule has 2 aromatic carbocycles. The maximum Gasteiger partial charge on any atom is 0.261 e. The molecular formula is C15H13N3O4S. The highest BCUT2D eigenvalue weighted by molar-refractivity contribution is 7.92. The minimum Gasteiger partial charge on any atom is -0.366 e. The van der Waals surface area contributed by atoms with Crippen LogP contribution in [0.25, 0.3) is 0 Å². The van der Waals surface area contributed by atoms with Crippen molar-refractivity contribution >= 4 is 33.2 Å². The summed E-state index contributed by atoms with van der Waals surface area (Å²) < 4.78 is 27.2.